The van der Waals surface area contributed by atoms with Crippen LogP contribution in [0.1, 0.15) is 49.7 Å². The van der Waals surface area contributed by atoms with Crippen LogP contribution in [-0.4, -0.2) is 32.3 Å². The quantitative estimate of drug-likeness (QED) is 0.274. The van der Waals surface area contributed by atoms with Crippen LogP contribution in [-0.2, 0) is 11.3 Å². The molecule has 1 aliphatic carbocycles. The van der Waals surface area contributed by atoms with Gasteiger partial charge in [0, 0.05) is 32.3 Å². The molecule has 0 heterocycles. The van der Waals surface area contributed by atoms with Gasteiger partial charge in [0.2, 0.25) is 0 Å². The molecule has 0 radical (unpaired) electrons. The highest BCUT2D eigenvalue weighted by atomic mass is 127. The first-order chi connectivity index (χ1) is 12.2. The SMILES string of the molecule is CN=C(NCCCOC1CCCCC1)NCc1ccc(C#N)cc1F.I. The van der Waals surface area contributed by atoms with Crippen LogP contribution < -0.4 is 10.6 Å². The summed E-state index contributed by atoms with van der Waals surface area (Å²) in [5.74, 6) is 0.240. The molecular formula is C19H28FIN4O. The van der Waals surface area contributed by atoms with E-state index in [1.165, 1.54) is 38.2 Å². The fraction of sp³-hybridized carbons (Fsp3) is 0.579. The molecule has 2 N–H and O–H groups in total. The average Bonchev–Trinajstić information content (AvgIpc) is 2.65. The third kappa shape index (κ3) is 7.87. The van der Waals surface area contributed by atoms with E-state index in [1.807, 2.05) is 6.07 Å². The van der Waals surface area contributed by atoms with E-state index in [-0.39, 0.29) is 29.8 Å². The summed E-state index contributed by atoms with van der Waals surface area (Å²) >= 11 is 0. The maximum Gasteiger partial charge on any atom is 0.191 e. The smallest absolute Gasteiger partial charge is 0.191 e. The van der Waals surface area contributed by atoms with Gasteiger partial charge in [0.05, 0.1) is 17.7 Å². The number of rotatable bonds is 7. The number of ether oxygens (including phenoxy) is 1. The fourth-order valence-electron chi connectivity index (χ4n) is 2.92. The number of nitrogens with one attached hydrogen (secondary N) is 2. The van der Waals surface area contributed by atoms with Crippen molar-refractivity contribution < 1.29 is 9.13 Å². The lowest BCUT2D eigenvalue weighted by Crippen LogP contribution is -2.37. The van der Waals surface area contributed by atoms with Gasteiger partial charge in [0.25, 0.3) is 0 Å². The number of benzene rings is 1. The van der Waals surface area contributed by atoms with E-state index in [9.17, 15) is 4.39 Å². The maximum absolute atomic E-state index is 13.9. The monoisotopic (exact) mass is 474 g/mol. The zero-order chi connectivity index (χ0) is 17.9. The summed E-state index contributed by atoms with van der Waals surface area (Å²) < 4.78 is 19.7. The molecule has 2 rings (SSSR count). The fourth-order valence-corrected chi connectivity index (χ4v) is 2.92. The second-order valence-corrected chi connectivity index (χ2v) is 6.25. The lowest BCUT2D eigenvalue weighted by molar-refractivity contribution is 0.0277. The molecule has 0 aromatic heterocycles. The Morgan fingerprint density at radius 2 is 2.08 bits per heavy atom. The molecule has 0 amide bonds. The molecule has 0 bridgehead atoms. The predicted octanol–water partition coefficient (Wildman–Crippen LogP) is 3.72. The van der Waals surface area contributed by atoms with Crippen molar-refractivity contribution in [2.24, 2.45) is 4.99 Å². The molecule has 26 heavy (non-hydrogen) atoms. The van der Waals surface area contributed by atoms with Crippen molar-refractivity contribution in [3.05, 3.63) is 35.1 Å². The summed E-state index contributed by atoms with van der Waals surface area (Å²) in [5.41, 5.74) is 0.823. The minimum atomic E-state index is -0.386. The number of nitrogens with zero attached hydrogens (tertiary/aromatic N) is 2. The van der Waals surface area contributed by atoms with Crippen LogP contribution >= 0.6 is 24.0 Å². The third-order valence-electron chi connectivity index (χ3n) is 4.37. The van der Waals surface area contributed by atoms with Crippen molar-refractivity contribution >= 4 is 29.9 Å². The lowest BCUT2D eigenvalue weighted by Gasteiger charge is -2.22. The minimum absolute atomic E-state index is 0. The molecule has 0 spiro atoms. The van der Waals surface area contributed by atoms with Crippen molar-refractivity contribution in [1.29, 1.82) is 5.26 Å². The van der Waals surface area contributed by atoms with E-state index < -0.39 is 0 Å². The van der Waals surface area contributed by atoms with Crippen molar-refractivity contribution in [1.82, 2.24) is 10.6 Å². The topological polar surface area (TPSA) is 69.4 Å². The standard InChI is InChI=1S/C19H27FN4O.HI/c1-22-19(23-10-5-11-25-17-6-3-2-4-7-17)24-14-16-9-8-15(13-21)12-18(16)20;/h8-9,12,17H,2-7,10-11,14H2,1H3,(H2,22,23,24);1H. The number of nitriles is 1. The molecule has 1 fully saturated rings. The van der Waals surface area contributed by atoms with Crippen LogP contribution in [0.25, 0.3) is 0 Å². The van der Waals surface area contributed by atoms with E-state index >= 15 is 0 Å². The molecule has 1 aliphatic rings. The molecule has 0 unspecified atom stereocenters. The molecule has 144 valence electrons. The highest BCUT2D eigenvalue weighted by Crippen LogP contribution is 2.20. The molecule has 1 saturated carbocycles. The Morgan fingerprint density at radius 3 is 2.73 bits per heavy atom. The Hall–Kier alpha value is -1.40. The average molecular weight is 474 g/mol. The predicted molar refractivity (Wildman–Crippen MR) is 112 cm³/mol. The van der Waals surface area contributed by atoms with Crippen LogP contribution in [0.15, 0.2) is 23.2 Å². The minimum Gasteiger partial charge on any atom is -0.378 e. The van der Waals surface area contributed by atoms with E-state index in [4.69, 9.17) is 10.00 Å². The first-order valence-electron chi connectivity index (χ1n) is 8.97. The molecular weight excluding hydrogens is 446 g/mol. The largest absolute Gasteiger partial charge is 0.378 e. The van der Waals surface area contributed by atoms with Gasteiger partial charge in [-0.05, 0) is 31.4 Å². The Balaban J connectivity index is 0.00000338. The molecule has 0 aliphatic heterocycles. The van der Waals surface area contributed by atoms with Gasteiger partial charge in [-0.3, -0.25) is 4.99 Å². The molecule has 5 nitrogen and oxygen atoms in total. The molecule has 7 heteroatoms. The van der Waals surface area contributed by atoms with Gasteiger partial charge in [-0.2, -0.15) is 5.26 Å². The third-order valence-corrected chi connectivity index (χ3v) is 4.37. The van der Waals surface area contributed by atoms with Gasteiger partial charge < -0.3 is 15.4 Å². The molecule has 1 aromatic rings. The van der Waals surface area contributed by atoms with Gasteiger partial charge in [-0.15, -0.1) is 24.0 Å². The van der Waals surface area contributed by atoms with Gasteiger partial charge >= 0.3 is 0 Å². The molecule has 1 aromatic carbocycles. The van der Waals surface area contributed by atoms with Crippen LogP contribution in [0.2, 0.25) is 0 Å². The van der Waals surface area contributed by atoms with Gasteiger partial charge in [-0.1, -0.05) is 25.3 Å². The lowest BCUT2D eigenvalue weighted by atomic mass is 9.98. The normalized spacial score (nSPS) is 15.0. The van der Waals surface area contributed by atoms with E-state index in [2.05, 4.69) is 15.6 Å². The first kappa shape index (κ1) is 22.6. The van der Waals surface area contributed by atoms with Crippen molar-refractivity contribution in [2.75, 3.05) is 20.2 Å². The van der Waals surface area contributed by atoms with Crippen LogP contribution in [0.5, 0.6) is 0 Å². The second-order valence-electron chi connectivity index (χ2n) is 6.25. The van der Waals surface area contributed by atoms with E-state index in [0.717, 1.165) is 19.6 Å². The summed E-state index contributed by atoms with van der Waals surface area (Å²) in [6.45, 7) is 1.82. The zero-order valence-corrected chi connectivity index (χ0v) is 17.6. The van der Waals surface area contributed by atoms with Crippen molar-refractivity contribution in [2.45, 2.75) is 51.2 Å². The van der Waals surface area contributed by atoms with E-state index in [1.54, 1.807) is 19.2 Å². The Morgan fingerprint density at radius 1 is 1.31 bits per heavy atom. The van der Waals surface area contributed by atoms with Crippen LogP contribution in [0.3, 0.4) is 0 Å². The zero-order valence-electron chi connectivity index (χ0n) is 15.3. The number of guanidine groups is 1. The van der Waals surface area contributed by atoms with Gasteiger partial charge in [0.1, 0.15) is 5.82 Å². The highest BCUT2D eigenvalue weighted by molar-refractivity contribution is 14.0. The number of hydrogen-bond acceptors (Lipinski definition) is 3. The second kappa shape index (κ2) is 12.9. The molecule has 0 atom stereocenters. The van der Waals surface area contributed by atoms with Crippen LogP contribution in [0.4, 0.5) is 4.39 Å². The first-order valence-corrected chi connectivity index (χ1v) is 8.97. The maximum atomic E-state index is 13.9. The number of halogens is 2. The Labute approximate surface area is 172 Å². The number of aliphatic imine (C=N–C) groups is 1. The van der Waals surface area contributed by atoms with Crippen molar-refractivity contribution in [3.63, 3.8) is 0 Å². The summed E-state index contributed by atoms with van der Waals surface area (Å²) in [6, 6.07) is 6.40. The summed E-state index contributed by atoms with van der Waals surface area (Å²) in [5, 5.41) is 15.0. The Kier molecular flexibility index (Phi) is 11.2. The molecule has 0 saturated heterocycles. The summed E-state index contributed by atoms with van der Waals surface area (Å²) in [6.07, 6.45) is 7.62. The van der Waals surface area contributed by atoms with Gasteiger partial charge in [-0.25, -0.2) is 4.39 Å². The van der Waals surface area contributed by atoms with Gasteiger partial charge in [0.15, 0.2) is 5.96 Å². The van der Waals surface area contributed by atoms with Crippen LogP contribution in [0, 0.1) is 17.1 Å². The number of hydrogen-bond donors (Lipinski definition) is 2. The summed E-state index contributed by atoms with van der Waals surface area (Å²) in [7, 11) is 1.68. The summed E-state index contributed by atoms with van der Waals surface area (Å²) in [4.78, 5) is 4.13. The van der Waals surface area contributed by atoms with Crippen molar-refractivity contribution in [3.8, 4) is 6.07 Å². The Bertz CT molecular complexity index is 612. The highest BCUT2D eigenvalue weighted by Gasteiger charge is 2.13. The van der Waals surface area contributed by atoms with E-state index in [0.29, 0.717) is 29.7 Å².